The number of ether oxygens (including phenoxy) is 2. The quantitative estimate of drug-likeness (QED) is 0.504. The van der Waals surface area contributed by atoms with Crippen molar-refractivity contribution >= 4 is 0 Å². The van der Waals surface area contributed by atoms with Crippen LogP contribution in [0.15, 0.2) is 0 Å². The molecule has 6 fully saturated rings. The average Bonchev–Trinajstić information content (AvgIpc) is 3.10. The summed E-state index contributed by atoms with van der Waals surface area (Å²) in [6, 6.07) is -0.0828. The smallest absolute Gasteiger partial charge is 0.0840 e. The number of hydrogen-bond donors (Lipinski definition) is 4. The van der Waals surface area contributed by atoms with Gasteiger partial charge in [-0.3, -0.25) is 4.90 Å². The molecule has 7 nitrogen and oxygen atoms in total. The summed E-state index contributed by atoms with van der Waals surface area (Å²) in [5.74, 6) is -0.683. The standard InChI is InChI=1S/C23H37NO6/c1-4-24-10-20(11-29-2)6-5-16(25)23-13-7-12-15(30-3)9-21(27,17(13)18(12)26)14(19(23)24)8-22(20,23)28/h12-19,25-28H,4-11H2,1-3H3/t12-,13-,14+,15+,16+,17-,18+,19-,20+,21+,22+,23-/m1/s1. The summed E-state index contributed by atoms with van der Waals surface area (Å²) in [5.41, 5.74) is -3.38. The molecular formula is C23H37NO6. The Morgan fingerprint density at radius 3 is 2.53 bits per heavy atom. The fraction of sp³-hybridized carbons (Fsp3) is 1.00. The van der Waals surface area contributed by atoms with Crippen LogP contribution in [0.3, 0.4) is 0 Å². The third-order valence-corrected chi connectivity index (χ3v) is 11.1. The fourth-order valence-electron chi connectivity index (χ4n) is 10.3. The molecule has 7 heteroatoms. The zero-order valence-electron chi connectivity index (χ0n) is 18.3. The van der Waals surface area contributed by atoms with E-state index >= 15 is 0 Å². The fourth-order valence-corrected chi connectivity index (χ4v) is 10.3. The highest BCUT2D eigenvalue weighted by Crippen LogP contribution is 2.80. The Morgan fingerprint density at radius 1 is 1.10 bits per heavy atom. The van der Waals surface area contributed by atoms with Crippen LogP contribution in [-0.4, -0.2) is 94.8 Å². The molecule has 0 radical (unpaired) electrons. The van der Waals surface area contributed by atoms with E-state index in [-0.39, 0.29) is 35.8 Å². The number of fused-ring (bicyclic) bond motifs is 2. The van der Waals surface area contributed by atoms with Gasteiger partial charge in [0.1, 0.15) is 0 Å². The molecule has 1 spiro atoms. The van der Waals surface area contributed by atoms with Gasteiger partial charge in [-0.1, -0.05) is 6.92 Å². The molecule has 0 aromatic heterocycles. The zero-order valence-corrected chi connectivity index (χ0v) is 18.3. The number of hydrogen-bond acceptors (Lipinski definition) is 7. The Bertz CT molecular complexity index is 751. The third-order valence-electron chi connectivity index (χ3n) is 11.1. The van der Waals surface area contributed by atoms with Gasteiger partial charge in [0.25, 0.3) is 0 Å². The summed E-state index contributed by atoms with van der Waals surface area (Å²) in [4.78, 5) is 2.42. The van der Waals surface area contributed by atoms with E-state index in [1.165, 1.54) is 0 Å². The number of methoxy groups -OCH3 is 2. The first-order chi connectivity index (χ1) is 14.3. The zero-order chi connectivity index (χ0) is 21.3. The van der Waals surface area contributed by atoms with Gasteiger partial charge in [0.05, 0.1) is 36.1 Å². The van der Waals surface area contributed by atoms with E-state index in [1.807, 2.05) is 0 Å². The summed E-state index contributed by atoms with van der Waals surface area (Å²) < 4.78 is 11.5. The number of likely N-dealkylation sites (tertiary alicyclic amines) is 1. The second-order valence-electron chi connectivity index (χ2n) is 11.4. The van der Waals surface area contributed by atoms with Gasteiger partial charge < -0.3 is 29.9 Å². The summed E-state index contributed by atoms with van der Waals surface area (Å²) in [6.45, 7) is 4.13. The molecule has 1 saturated heterocycles. The normalized spacial score (nSPS) is 63.3. The molecule has 0 aromatic rings. The van der Waals surface area contributed by atoms with E-state index in [0.29, 0.717) is 32.3 Å². The summed E-state index contributed by atoms with van der Waals surface area (Å²) in [6.07, 6.45) is 1.55. The number of aliphatic hydroxyl groups excluding tert-OH is 2. The molecule has 0 unspecified atom stereocenters. The number of piperidine rings is 1. The van der Waals surface area contributed by atoms with Crippen molar-refractivity contribution in [1.82, 2.24) is 4.90 Å². The van der Waals surface area contributed by atoms with Gasteiger partial charge in [-0.05, 0) is 38.1 Å². The van der Waals surface area contributed by atoms with Gasteiger partial charge in [0.15, 0.2) is 0 Å². The van der Waals surface area contributed by atoms with Crippen LogP contribution in [0.2, 0.25) is 0 Å². The van der Waals surface area contributed by atoms with Crippen molar-refractivity contribution in [3.05, 3.63) is 0 Å². The molecule has 6 rings (SSSR count). The number of aliphatic hydroxyl groups is 4. The minimum atomic E-state index is -1.10. The minimum absolute atomic E-state index is 0.0515. The van der Waals surface area contributed by atoms with Crippen molar-refractivity contribution < 1.29 is 29.9 Å². The first-order valence-corrected chi connectivity index (χ1v) is 11.8. The van der Waals surface area contributed by atoms with E-state index in [4.69, 9.17) is 9.47 Å². The maximum atomic E-state index is 12.6. The second kappa shape index (κ2) is 5.99. The predicted octanol–water partition coefficient (Wildman–Crippen LogP) is -0.00800. The van der Waals surface area contributed by atoms with Gasteiger partial charge in [-0.15, -0.1) is 0 Å². The molecule has 5 saturated carbocycles. The van der Waals surface area contributed by atoms with Gasteiger partial charge in [0, 0.05) is 61.8 Å². The van der Waals surface area contributed by atoms with Crippen LogP contribution in [0.25, 0.3) is 0 Å². The Kier molecular flexibility index (Phi) is 4.06. The van der Waals surface area contributed by atoms with Gasteiger partial charge in [-0.2, -0.15) is 0 Å². The van der Waals surface area contributed by atoms with Gasteiger partial charge in [-0.25, -0.2) is 0 Å². The topological polar surface area (TPSA) is 103 Å². The highest BCUT2D eigenvalue weighted by Gasteiger charge is 2.88. The largest absolute Gasteiger partial charge is 0.392 e. The molecule has 1 aliphatic heterocycles. The minimum Gasteiger partial charge on any atom is -0.392 e. The lowest BCUT2D eigenvalue weighted by molar-refractivity contribution is -0.321. The Hall–Kier alpha value is -0.280. The lowest BCUT2D eigenvalue weighted by Gasteiger charge is -2.71. The Labute approximate surface area is 178 Å². The molecule has 170 valence electrons. The Morgan fingerprint density at radius 2 is 1.87 bits per heavy atom. The molecule has 30 heavy (non-hydrogen) atoms. The molecule has 5 aliphatic carbocycles. The Balaban J connectivity index is 1.62. The van der Waals surface area contributed by atoms with E-state index in [2.05, 4.69) is 11.8 Å². The molecule has 7 bridgehead atoms. The van der Waals surface area contributed by atoms with Gasteiger partial charge in [0.2, 0.25) is 0 Å². The first-order valence-electron chi connectivity index (χ1n) is 11.8. The van der Waals surface area contributed by atoms with E-state index in [1.54, 1.807) is 14.2 Å². The molecule has 1 heterocycles. The van der Waals surface area contributed by atoms with Crippen molar-refractivity contribution in [2.45, 2.75) is 74.6 Å². The molecular weight excluding hydrogens is 386 g/mol. The molecule has 12 atom stereocenters. The van der Waals surface area contributed by atoms with E-state index in [0.717, 1.165) is 19.5 Å². The number of nitrogens with zero attached hydrogens (tertiary/aromatic N) is 1. The molecule has 0 amide bonds. The summed E-state index contributed by atoms with van der Waals surface area (Å²) in [5, 5.41) is 47.9. The lowest BCUT2D eigenvalue weighted by atomic mass is 9.41. The summed E-state index contributed by atoms with van der Waals surface area (Å²) >= 11 is 0. The van der Waals surface area contributed by atoms with E-state index in [9.17, 15) is 20.4 Å². The van der Waals surface area contributed by atoms with Crippen LogP contribution >= 0.6 is 0 Å². The van der Waals surface area contributed by atoms with Crippen molar-refractivity contribution in [1.29, 1.82) is 0 Å². The number of rotatable bonds is 4. The highest BCUT2D eigenvalue weighted by molar-refractivity contribution is 5.38. The molecule has 0 aromatic carbocycles. The van der Waals surface area contributed by atoms with Crippen LogP contribution in [-0.2, 0) is 9.47 Å². The molecule has 6 aliphatic rings. The second-order valence-corrected chi connectivity index (χ2v) is 11.4. The van der Waals surface area contributed by atoms with Crippen LogP contribution in [0.4, 0.5) is 0 Å². The van der Waals surface area contributed by atoms with Crippen molar-refractivity contribution in [2.75, 3.05) is 33.9 Å². The van der Waals surface area contributed by atoms with Crippen molar-refractivity contribution in [3.8, 4) is 0 Å². The van der Waals surface area contributed by atoms with Crippen LogP contribution in [0.5, 0.6) is 0 Å². The van der Waals surface area contributed by atoms with Crippen LogP contribution in [0.1, 0.15) is 39.0 Å². The van der Waals surface area contributed by atoms with Crippen LogP contribution in [0, 0.1) is 34.5 Å². The first kappa shape index (κ1) is 20.3. The summed E-state index contributed by atoms with van der Waals surface area (Å²) in [7, 11) is 3.36. The monoisotopic (exact) mass is 423 g/mol. The third kappa shape index (κ3) is 1.80. The SMILES string of the molecule is CCN1C[C@]2(COC)CC[C@H](O)[C@@]34[C@@H]5C[C@H]6[C@H](O)[C@@H]5[C@](O)(C[C@@H]6OC)[C@@H](C[C@]23O)[C@@H]14. The van der Waals surface area contributed by atoms with Crippen molar-refractivity contribution in [3.63, 3.8) is 0 Å². The molecule has 4 N–H and O–H groups in total. The maximum Gasteiger partial charge on any atom is 0.0840 e. The van der Waals surface area contributed by atoms with Crippen LogP contribution < -0.4 is 0 Å². The van der Waals surface area contributed by atoms with Crippen molar-refractivity contribution in [2.24, 2.45) is 34.5 Å². The predicted molar refractivity (Wildman–Crippen MR) is 108 cm³/mol. The lowest BCUT2D eigenvalue weighted by Crippen LogP contribution is -2.81. The average molecular weight is 424 g/mol. The maximum absolute atomic E-state index is 12.6. The van der Waals surface area contributed by atoms with E-state index < -0.39 is 34.2 Å². The van der Waals surface area contributed by atoms with Gasteiger partial charge >= 0.3 is 0 Å². The highest BCUT2D eigenvalue weighted by atomic mass is 16.5.